The van der Waals surface area contributed by atoms with Gasteiger partial charge in [0.25, 0.3) is 0 Å². The molecule has 1 saturated heterocycles. The third kappa shape index (κ3) is 6.16. The molecule has 2 aromatic rings. The first-order valence-electron chi connectivity index (χ1n) is 10.4. The fraction of sp³-hybridized carbons (Fsp3) is 0.417. The Morgan fingerprint density at radius 2 is 1.69 bits per heavy atom. The molecule has 1 atom stereocenters. The lowest BCUT2D eigenvalue weighted by Gasteiger charge is -2.38. The van der Waals surface area contributed by atoms with Gasteiger partial charge in [-0.2, -0.15) is 0 Å². The minimum Gasteiger partial charge on any atom is -0.481 e. The molecule has 5 heteroatoms. The topological polar surface area (TPSA) is 62.6 Å². The van der Waals surface area contributed by atoms with E-state index >= 15 is 0 Å². The van der Waals surface area contributed by atoms with Gasteiger partial charge in [0.1, 0.15) is 6.42 Å². The van der Waals surface area contributed by atoms with Crippen LogP contribution in [0.2, 0.25) is 0 Å². The number of likely N-dealkylation sites (tertiary alicyclic amines) is 1. The van der Waals surface area contributed by atoms with Gasteiger partial charge >= 0.3 is 5.97 Å². The lowest BCUT2D eigenvalue weighted by Crippen LogP contribution is -2.40. The summed E-state index contributed by atoms with van der Waals surface area (Å²) >= 11 is 0. The number of rotatable bonds is 8. The Hall–Kier alpha value is -2.66. The molecule has 1 aliphatic rings. The van der Waals surface area contributed by atoms with Gasteiger partial charge < -0.3 is 9.47 Å². The molecule has 0 spiro atoms. The van der Waals surface area contributed by atoms with Crippen LogP contribution >= 0.6 is 0 Å². The summed E-state index contributed by atoms with van der Waals surface area (Å²) in [5.41, 5.74) is 2.56. The van der Waals surface area contributed by atoms with Crippen LogP contribution in [-0.2, 0) is 14.3 Å². The monoisotopic (exact) mass is 394 g/mol. The highest BCUT2D eigenvalue weighted by molar-refractivity contribution is 5.92. The summed E-state index contributed by atoms with van der Waals surface area (Å²) in [6.45, 7) is 4.49. The van der Waals surface area contributed by atoms with Crippen molar-refractivity contribution in [1.29, 1.82) is 5.41 Å². The standard InChI is InChI=1S/C24H30N2O3/c1-2-28-22(25)16-23(27)29-18-19-10-9-15-26(17-19)24(20-11-5-3-6-12-20)21-13-7-4-8-14-21/h3-8,11-14,19,24-25H,2,9-10,15-18H2,1H3. The molecule has 0 aromatic heterocycles. The van der Waals surface area contributed by atoms with Crippen LogP contribution in [-0.4, -0.2) is 43.1 Å². The Morgan fingerprint density at radius 3 is 2.28 bits per heavy atom. The molecule has 0 radical (unpaired) electrons. The summed E-state index contributed by atoms with van der Waals surface area (Å²) in [5.74, 6) is -0.122. The third-order valence-corrected chi connectivity index (χ3v) is 5.25. The Kier molecular flexibility index (Phi) is 7.82. The van der Waals surface area contributed by atoms with Crippen LogP contribution in [0.15, 0.2) is 60.7 Å². The quantitative estimate of drug-likeness (QED) is 0.409. The van der Waals surface area contributed by atoms with Crippen LogP contribution < -0.4 is 0 Å². The van der Waals surface area contributed by atoms with Gasteiger partial charge in [0.15, 0.2) is 5.90 Å². The van der Waals surface area contributed by atoms with Crippen LogP contribution in [0.1, 0.15) is 43.4 Å². The highest BCUT2D eigenvalue weighted by Gasteiger charge is 2.28. The molecule has 1 unspecified atom stereocenters. The summed E-state index contributed by atoms with van der Waals surface area (Å²) in [6, 6.07) is 21.4. The Bertz CT molecular complexity index is 740. The normalized spacial score (nSPS) is 17.1. The Morgan fingerprint density at radius 1 is 1.07 bits per heavy atom. The van der Waals surface area contributed by atoms with Crippen molar-refractivity contribution in [3.8, 4) is 0 Å². The van der Waals surface area contributed by atoms with Crippen molar-refractivity contribution in [3.05, 3.63) is 71.8 Å². The molecule has 0 aliphatic carbocycles. The number of esters is 1. The van der Waals surface area contributed by atoms with E-state index in [0.29, 0.717) is 19.1 Å². The zero-order valence-corrected chi connectivity index (χ0v) is 17.0. The van der Waals surface area contributed by atoms with Gasteiger partial charge in [-0.3, -0.25) is 15.1 Å². The van der Waals surface area contributed by atoms with Gasteiger partial charge in [-0.15, -0.1) is 0 Å². The number of hydrogen-bond donors (Lipinski definition) is 1. The fourth-order valence-electron chi connectivity index (χ4n) is 3.97. The number of benzene rings is 2. The molecule has 1 heterocycles. The average Bonchev–Trinajstić information content (AvgIpc) is 2.74. The van der Waals surface area contributed by atoms with Crippen molar-refractivity contribution in [2.24, 2.45) is 5.92 Å². The lowest BCUT2D eigenvalue weighted by atomic mass is 9.92. The number of nitrogens with one attached hydrogen (secondary N) is 1. The van der Waals surface area contributed by atoms with Gasteiger partial charge in [-0.25, -0.2) is 0 Å². The van der Waals surface area contributed by atoms with Crippen LogP contribution in [0.4, 0.5) is 0 Å². The van der Waals surface area contributed by atoms with E-state index in [1.54, 1.807) is 6.92 Å². The van der Waals surface area contributed by atoms with E-state index in [-0.39, 0.29) is 24.3 Å². The van der Waals surface area contributed by atoms with Crippen molar-refractivity contribution >= 4 is 11.9 Å². The van der Waals surface area contributed by atoms with Crippen molar-refractivity contribution < 1.29 is 14.3 Å². The fourth-order valence-corrected chi connectivity index (χ4v) is 3.97. The predicted molar refractivity (Wildman–Crippen MR) is 114 cm³/mol. The molecule has 1 N–H and O–H groups in total. The predicted octanol–water partition coefficient (Wildman–Crippen LogP) is 4.44. The molecule has 1 fully saturated rings. The molecular formula is C24H30N2O3. The van der Waals surface area contributed by atoms with Crippen molar-refractivity contribution in [2.45, 2.75) is 32.2 Å². The lowest BCUT2D eigenvalue weighted by molar-refractivity contribution is -0.144. The maximum Gasteiger partial charge on any atom is 0.315 e. The van der Waals surface area contributed by atoms with Crippen molar-refractivity contribution in [2.75, 3.05) is 26.3 Å². The zero-order chi connectivity index (χ0) is 20.5. The van der Waals surface area contributed by atoms with Crippen LogP contribution in [0.3, 0.4) is 0 Å². The largest absolute Gasteiger partial charge is 0.481 e. The van der Waals surface area contributed by atoms with Gasteiger partial charge in [-0.05, 0) is 37.4 Å². The van der Waals surface area contributed by atoms with Crippen LogP contribution in [0, 0.1) is 11.3 Å². The maximum absolute atomic E-state index is 12.0. The van der Waals surface area contributed by atoms with E-state index in [9.17, 15) is 4.79 Å². The van der Waals surface area contributed by atoms with E-state index < -0.39 is 0 Å². The highest BCUT2D eigenvalue weighted by atomic mass is 16.5. The first kappa shape index (κ1) is 21.1. The Balaban J connectivity index is 1.64. The number of carbonyl (C=O) groups excluding carboxylic acids is 1. The summed E-state index contributed by atoms with van der Waals surface area (Å²) < 4.78 is 10.5. The highest BCUT2D eigenvalue weighted by Crippen LogP contribution is 2.32. The summed E-state index contributed by atoms with van der Waals surface area (Å²) in [6.07, 6.45) is 2.02. The van der Waals surface area contributed by atoms with E-state index in [0.717, 1.165) is 25.9 Å². The van der Waals surface area contributed by atoms with Gasteiger partial charge in [0.2, 0.25) is 0 Å². The minimum absolute atomic E-state index is 0.0315. The maximum atomic E-state index is 12.0. The second-order valence-corrected chi connectivity index (χ2v) is 7.44. The van der Waals surface area contributed by atoms with E-state index in [4.69, 9.17) is 14.9 Å². The van der Waals surface area contributed by atoms with Gasteiger partial charge in [0, 0.05) is 12.5 Å². The molecule has 0 bridgehead atoms. The number of piperidine rings is 1. The Labute approximate surface area is 173 Å². The number of carbonyl (C=O) groups is 1. The second kappa shape index (κ2) is 10.8. The van der Waals surface area contributed by atoms with Crippen LogP contribution in [0.25, 0.3) is 0 Å². The molecule has 1 aliphatic heterocycles. The first-order chi connectivity index (χ1) is 14.2. The van der Waals surface area contributed by atoms with E-state index in [2.05, 4.69) is 53.4 Å². The number of nitrogens with zero attached hydrogens (tertiary/aromatic N) is 1. The van der Waals surface area contributed by atoms with E-state index in [1.807, 2.05) is 12.1 Å². The number of hydrogen-bond acceptors (Lipinski definition) is 5. The average molecular weight is 395 g/mol. The second-order valence-electron chi connectivity index (χ2n) is 7.44. The minimum atomic E-state index is -0.386. The molecule has 5 nitrogen and oxygen atoms in total. The summed E-state index contributed by atoms with van der Waals surface area (Å²) in [5, 5.41) is 7.59. The zero-order valence-electron chi connectivity index (χ0n) is 17.0. The van der Waals surface area contributed by atoms with Gasteiger partial charge in [0.05, 0.1) is 19.3 Å². The van der Waals surface area contributed by atoms with E-state index in [1.165, 1.54) is 11.1 Å². The van der Waals surface area contributed by atoms with Crippen LogP contribution in [0.5, 0.6) is 0 Å². The molecule has 0 amide bonds. The molecule has 29 heavy (non-hydrogen) atoms. The summed E-state index contributed by atoms with van der Waals surface area (Å²) in [4.78, 5) is 14.5. The summed E-state index contributed by atoms with van der Waals surface area (Å²) in [7, 11) is 0. The van der Waals surface area contributed by atoms with Gasteiger partial charge in [-0.1, -0.05) is 60.7 Å². The third-order valence-electron chi connectivity index (χ3n) is 5.25. The molecule has 3 rings (SSSR count). The first-order valence-corrected chi connectivity index (χ1v) is 10.4. The molecule has 154 valence electrons. The smallest absolute Gasteiger partial charge is 0.315 e. The molecule has 2 aromatic carbocycles. The SMILES string of the molecule is CCOC(=N)CC(=O)OCC1CCCN(C(c2ccccc2)c2ccccc2)C1. The van der Waals surface area contributed by atoms with Crippen molar-refractivity contribution in [1.82, 2.24) is 4.90 Å². The molecular weight excluding hydrogens is 364 g/mol. The molecule has 0 saturated carbocycles. The number of ether oxygens (including phenoxy) is 2. The van der Waals surface area contributed by atoms with Crippen molar-refractivity contribution in [3.63, 3.8) is 0 Å².